The average Bonchev–Trinajstić information content (AvgIpc) is 2.77. The van der Waals surface area contributed by atoms with Gasteiger partial charge in [-0.1, -0.05) is 23.7 Å². The van der Waals surface area contributed by atoms with Crippen LogP contribution >= 0.6 is 11.6 Å². The Morgan fingerprint density at radius 2 is 1.66 bits per heavy atom. The molecule has 0 aliphatic rings. The SMILES string of the molecule is CCNC(=O)Nc1cc(Nc2ccc(Cl)cc2)c(C(=O)Nc2ccc(NN=[N-])cc2)cn1. The van der Waals surface area contributed by atoms with Crippen molar-refractivity contribution in [3.8, 4) is 0 Å². The molecule has 0 spiro atoms. The van der Waals surface area contributed by atoms with E-state index in [1.165, 1.54) is 6.20 Å². The van der Waals surface area contributed by atoms with Crippen molar-refractivity contribution in [3.05, 3.63) is 76.9 Å². The number of hydrogen-bond donors (Lipinski definition) is 5. The highest BCUT2D eigenvalue weighted by atomic mass is 35.5. The molecular formula is C21H20ClN8O2-. The molecular weight excluding hydrogens is 432 g/mol. The smallest absolute Gasteiger partial charge is 0.320 e. The fourth-order valence-electron chi connectivity index (χ4n) is 2.70. The van der Waals surface area contributed by atoms with E-state index in [0.717, 1.165) is 0 Å². The molecule has 1 heterocycles. The Kier molecular flexibility index (Phi) is 7.55. The lowest BCUT2D eigenvalue weighted by atomic mass is 10.2. The number of nitrogens with zero attached hydrogens (tertiary/aromatic N) is 3. The largest absolute Gasteiger partial charge is 0.387 e. The molecule has 3 rings (SSSR count). The van der Waals surface area contributed by atoms with Crippen LogP contribution in [0.25, 0.3) is 5.53 Å². The van der Waals surface area contributed by atoms with Crippen LogP contribution in [0, 0.1) is 0 Å². The zero-order valence-electron chi connectivity index (χ0n) is 17.0. The quantitative estimate of drug-likeness (QED) is 0.235. The molecule has 0 aliphatic heterocycles. The van der Waals surface area contributed by atoms with E-state index >= 15 is 0 Å². The molecule has 0 saturated heterocycles. The van der Waals surface area contributed by atoms with Gasteiger partial charge in [0.05, 0.1) is 11.3 Å². The first-order chi connectivity index (χ1) is 15.5. The Bertz CT molecular complexity index is 1100. The zero-order chi connectivity index (χ0) is 22.9. The molecule has 0 unspecified atom stereocenters. The van der Waals surface area contributed by atoms with Crippen molar-refractivity contribution >= 4 is 52.1 Å². The van der Waals surface area contributed by atoms with Crippen LogP contribution in [0.3, 0.4) is 0 Å². The molecule has 5 N–H and O–H groups in total. The minimum atomic E-state index is -0.411. The normalized spacial score (nSPS) is 10.1. The van der Waals surface area contributed by atoms with Crippen LogP contribution < -0.4 is 26.7 Å². The number of benzene rings is 2. The minimum absolute atomic E-state index is 0.258. The fourth-order valence-corrected chi connectivity index (χ4v) is 2.83. The van der Waals surface area contributed by atoms with Gasteiger partial charge in [-0.05, 0) is 49.0 Å². The third-order valence-corrected chi connectivity index (χ3v) is 4.42. The summed E-state index contributed by atoms with van der Waals surface area (Å²) in [4.78, 5) is 29.0. The first-order valence-corrected chi connectivity index (χ1v) is 9.95. The molecule has 0 fully saturated rings. The lowest BCUT2D eigenvalue weighted by Gasteiger charge is -2.15. The number of rotatable bonds is 8. The number of pyridine rings is 1. The molecule has 0 bridgehead atoms. The summed E-state index contributed by atoms with van der Waals surface area (Å²) >= 11 is 5.95. The van der Waals surface area contributed by atoms with Crippen LogP contribution in [0.4, 0.5) is 33.4 Å². The van der Waals surface area contributed by atoms with Gasteiger partial charge in [-0.15, -0.1) is 0 Å². The molecule has 3 amide bonds. The van der Waals surface area contributed by atoms with E-state index in [1.54, 1.807) is 61.5 Å². The van der Waals surface area contributed by atoms with Gasteiger partial charge < -0.3 is 26.9 Å². The summed E-state index contributed by atoms with van der Waals surface area (Å²) in [7, 11) is 0. The summed E-state index contributed by atoms with van der Waals surface area (Å²) in [5.41, 5.74) is 13.4. The molecule has 1 aromatic heterocycles. The second kappa shape index (κ2) is 10.7. The molecule has 0 aliphatic carbocycles. The fraction of sp³-hybridized carbons (Fsp3) is 0.0952. The van der Waals surface area contributed by atoms with Gasteiger partial charge in [0, 0.05) is 35.2 Å². The van der Waals surface area contributed by atoms with Crippen molar-refractivity contribution in [2.24, 2.45) is 5.22 Å². The number of urea groups is 1. The van der Waals surface area contributed by atoms with Gasteiger partial charge in [0.15, 0.2) is 0 Å². The predicted octanol–water partition coefficient (Wildman–Crippen LogP) is 5.22. The molecule has 2 aromatic carbocycles. The third kappa shape index (κ3) is 6.16. The Morgan fingerprint density at radius 3 is 2.31 bits per heavy atom. The highest BCUT2D eigenvalue weighted by molar-refractivity contribution is 6.30. The summed E-state index contributed by atoms with van der Waals surface area (Å²) in [5, 5.41) is 14.6. The van der Waals surface area contributed by atoms with Crippen LogP contribution in [0.5, 0.6) is 0 Å². The van der Waals surface area contributed by atoms with E-state index < -0.39 is 11.9 Å². The average molecular weight is 452 g/mol. The topological polar surface area (TPSA) is 142 Å². The minimum Gasteiger partial charge on any atom is -0.387 e. The first kappa shape index (κ1) is 22.5. The van der Waals surface area contributed by atoms with Crippen LogP contribution in [-0.4, -0.2) is 23.5 Å². The lowest BCUT2D eigenvalue weighted by molar-refractivity contribution is 0.102. The van der Waals surface area contributed by atoms with Gasteiger partial charge in [0.2, 0.25) is 0 Å². The van der Waals surface area contributed by atoms with Crippen molar-refractivity contribution in [1.82, 2.24) is 10.3 Å². The highest BCUT2D eigenvalue weighted by Crippen LogP contribution is 2.25. The maximum Gasteiger partial charge on any atom is 0.320 e. The Morgan fingerprint density at radius 1 is 1.00 bits per heavy atom. The van der Waals surface area contributed by atoms with E-state index in [9.17, 15) is 9.59 Å². The molecule has 164 valence electrons. The summed E-state index contributed by atoms with van der Waals surface area (Å²) in [6.07, 6.45) is 1.37. The molecule has 0 atom stereocenters. The number of anilines is 5. The highest BCUT2D eigenvalue weighted by Gasteiger charge is 2.15. The van der Waals surface area contributed by atoms with E-state index in [2.05, 4.69) is 36.9 Å². The van der Waals surface area contributed by atoms with Gasteiger partial charge in [-0.3, -0.25) is 15.3 Å². The Balaban J connectivity index is 1.86. The summed E-state index contributed by atoms with van der Waals surface area (Å²) in [6.45, 7) is 2.26. The molecule has 32 heavy (non-hydrogen) atoms. The maximum atomic E-state index is 12.9. The van der Waals surface area contributed by atoms with Gasteiger partial charge in [-0.2, -0.15) is 0 Å². The Labute approximate surface area is 189 Å². The Hall–Kier alpha value is -4.18. The molecule has 11 heteroatoms. The number of amides is 3. The summed E-state index contributed by atoms with van der Waals surface area (Å²) < 4.78 is 0. The summed E-state index contributed by atoms with van der Waals surface area (Å²) in [5.74, 6) is -0.141. The van der Waals surface area contributed by atoms with Crippen molar-refractivity contribution < 1.29 is 9.59 Å². The van der Waals surface area contributed by atoms with Gasteiger partial charge >= 0.3 is 6.03 Å². The number of aromatic nitrogens is 1. The second-order valence-electron chi connectivity index (χ2n) is 6.47. The van der Waals surface area contributed by atoms with E-state index in [0.29, 0.717) is 34.3 Å². The number of carbonyl (C=O) groups excluding carboxylic acids is 2. The van der Waals surface area contributed by atoms with Crippen molar-refractivity contribution in [3.63, 3.8) is 0 Å². The molecule has 3 aromatic rings. The number of carbonyl (C=O) groups is 2. The maximum absolute atomic E-state index is 12.9. The van der Waals surface area contributed by atoms with Gasteiger partial charge in [-0.25, -0.2) is 9.78 Å². The second-order valence-corrected chi connectivity index (χ2v) is 6.91. The van der Waals surface area contributed by atoms with E-state index in [1.807, 2.05) is 0 Å². The van der Waals surface area contributed by atoms with Crippen molar-refractivity contribution in [2.75, 3.05) is 27.9 Å². The van der Waals surface area contributed by atoms with E-state index in [4.69, 9.17) is 17.1 Å². The van der Waals surface area contributed by atoms with Crippen LogP contribution in [0.1, 0.15) is 17.3 Å². The first-order valence-electron chi connectivity index (χ1n) is 9.57. The number of hydrogen-bond acceptors (Lipinski definition) is 5. The third-order valence-electron chi connectivity index (χ3n) is 4.17. The van der Waals surface area contributed by atoms with Crippen LogP contribution in [-0.2, 0) is 0 Å². The number of halogens is 1. The zero-order valence-corrected chi connectivity index (χ0v) is 17.8. The van der Waals surface area contributed by atoms with Gasteiger partial charge in [0.1, 0.15) is 5.82 Å². The lowest BCUT2D eigenvalue weighted by Crippen LogP contribution is -2.28. The van der Waals surface area contributed by atoms with Crippen molar-refractivity contribution in [2.45, 2.75) is 6.92 Å². The van der Waals surface area contributed by atoms with Crippen molar-refractivity contribution in [1.29, 1.82) is 0 Å². The standard InChI is InChI=1S/C21H20ClN8O2/c1-2-24-21(32)28-19-11-18(26-14-5-3-13(22)4-6-14)17(12-25-19)20(31)27-15-7-9-16(10-8-15)29-30-23/h3-12H,2H2,1H3,(H5-,23,24,25,26,27,28,29,30,31,32)/q-1. The predicted molar refractivity (Wildman–Crippen MR) is 125 cm³/mol. The van der Waals surface area contributed by atoms with Gasteiger partial charge in [0.25, 0.3) is 5.91 Å². The number of nitrogens with one attached hydrogen (secondary N) is 5. The monoisotopic (exact) mass is 451 g/mol. The summed E-state index contributed by atoms with van der Waals surface area (Å²) in [6, 6.07) is 14.7. The van der Waals surface area contributed by atoms with Crippen LogP contribution in [0.15, 0.2) is 66.0 Å². The van der Waals surface area contributed by atoms with E-state index in [-0.39, 0.29) is 11.4 Å². The molecule has 10 nitrogen and oxygen atoms in total. The van der Waals surface area contributed by atoms with Crippen LogP contribution in [0.2, 0.25) is 5.02 Å². The molecule has 0 radical (unpaired) electrons. The molecule has 0 saturated carbocycles.